The summed E-state index contributed by atoms with van der Waals surface area (Å²) in [5, 5.41) is 23.5. The van der Waals surface area contributed by atoms with Crippen LogP contribution in [-0.2, 0) is 0 Å². The SMILES string of the molecule is O=C(N/N=C/c1cccc(O)c1O)c1ccc(-c2cc(=O)c3ccccc3o2)cc1. The Morgan fingerprint density at radius 1 is 0.967 bits per heavy atom. The Hall–Kier alpha value is -4.39. The number of carbonyl (C=O) groups excluding carboxylic acids is 1. The Kier molecular flexibility index (Phi) is 5.00. The molecule has 7 heteroatoms. The van der Waals surface area contributed by atoms with Gasteiger partial charge in [0.05, 0.1) is 11.6 Å². The average molecular weight is 400 g/mol. The number of hydrogen-bond donors (Lipinski definition) is 3. The summed E-state index contributed by atoms with van der Waals surface area (Å²) in [6.07, 6.45) is 1.23. The van der Waals surface area contributed by atoms with Crippen LogP contribution in [-0.4, -0.2) is 22.3 Å². The van der Waals surface area contributed by atoms with Gasteiger partial charge in [-0.3, -0.25) is 9.59 Å². The maximum atomic E-state index is 12.3. The number of para-hydroxylation sites is 2. The summed E-state index contributed by atoms with van der Waals surface area (Å²) >= 11 is 0. The summed E-state index contributed by atoms with van der Waals surface area (Å²) in [7, 11) is 0. The fourth-order valence-corrected chi connectivity index (χ4v) is 2.91. The molecule has 0 aliphatic rings. The van der Waals surface area contributed by atoms with Crippen molar-refractivity contribution < 1.29 is 19.4 Å². The molecule has 0 bridgehead atoms. The molecule has 0 unspecified atom stereocenters. The maximum Gasteiger partial charge on any atom is 0.271 e. The van der Waals surface area contributed by atoms with Crippen LogP contribution in [0.2, 0.25) is 0 Å². The topological polar surface area (TPSA) is 112 Å². The molecule has 30 heavy (non-hydrogen) atoms. The monoisotopic (exact) mass is 400 g/mol. The Morgan fingerprint density at radius 2 is 1.73 bits per heavy atom. The molecule has 0 aliphatic heterocycles. The smallest absolute Gasteiger partial charge is 0.271 e. The van der Waals surface area contributed by atoms with Gasteiger partial charge in [-0.2, -0.15) is 5.10 Å². The lowest BCUT2D eigenvalue weighted by molar-refractivity contribution is 0.0955. The molecular formula is C23H16N2O5. The second kappa shape index (κ2) is 7.92. The van der Waals surface area contributed by atoms with Gasteiger partial charge < -0.3 is 14.6 Å². The van der Waals surface area contributed by atoms with E-state index in [9.17, 15) is 19.8 Å². The predicted octanol–water partition coefficient (Wildman–Crippen LogP) is 3.64. The third-order valence-electron chi connectivity index (χ3n) is 4.48. The quantitative estimate of drug-likeness (QED) is 0.275. The lowest BCUT2D eigenvalue weighted by Crippen LogP contribution is -2.17. The number of benzene rings is 3. The number of phenols is 2. The third kappa shape index (κ3) is 3.77. The van der Waals surface area contributed by atoms with E-state index in [2.05, 4.69) is 10.5 Å². The number of rotatable bonds is 4. The second-order valence-corrected chi connectivity index (χ2v) is 6.46. The van der Waals surface area contributed by atoms with Crippen LogP contribution in [0.15, 0.2) is 87.1 Å². The predicted molar refractivity (Wildman–Crippen MR) is 113 cm³/mol. The standard InChI is InChI=1S/C23H16N2O5/c26-18-6-3-4-16(22(18)28)13-24-25-23(29)15-10-8-14(9-11-15)21-12-19(27)17-5-1-2-7-20(17)30-21/h1-13,26,28H,(H,25,29)/b24-13+. The first-order chi connectivity index (χ1) is 14.5. The number of phenolic OH excluding ortho intramolecular Hbond substituents is 2. The molecule has 0 atom stereocenters. The Bertz CT molecular complexity index is 1320. The minimum absolute atomic E-state index is 0.141. The van der Waals surface area contributed by atoms with Gasteiger partial charge in [-0.05, 0) is 36.4 Å². The fraction of sp³-hybridized carbons (Fsp3) is 0. The van der Waals surface area contributed by atoms with Gasteiger partial charge in [0, 0.05) is 22.8 Å². The molecule has 1 amide bonds. The van der Waals surface area contributed by atoms with Gasteiger partial charge in [-0.25, -0.2) is 5.43 Å². The molecule has 0 radical (unpaired) electrons. The van der Waals surface area contributed by atoms with E-state index in [1.807, 2.05) is 0 Å². The van der Waals surface area contributed by atoms with Crippen molar-refractivity contribution in [3.8, 4) is 22.8 Å². The number of amides is 1. The van der Waals surface area contributed by atoms with E-state index >= 15 is 0 Å². The highest BCUT2D eigenvalue weighted by molar-refractivity contribution is 5.95. The molecule has 0 fully saturated rings. The highest BCUT2D eigenvalue weighted by atomic mass is 16.3. The molecule has 4 aromatic rings. The van der Waals surface area contributed by atoms with Gasteiger partial charge in [0.15, 0.2) is 16.9 Å². The average Bonchev–Trinajstić information content (AvgIpc) is 2.76. The van der Waals surface area contributed by atoms with Gasteiger partial charge >= 0.3 is 0 Å². The first kappa shape index (κ1) is 18.9. The van der Waals surface area contributed by atoms with Crippen molar-refractivity contribution in [2.75, 3.05) is 0 Å². The number of hydrazone groups is 1. The molecule has 0 saturated carbocycles. The highest BCUT2D eigenvalue weighted by Gasteiger charge is 2.09. The molecule has 1 aromatic heterocycles. The van der Waals surface area contributed by atoms with Crippen molar-refractivity contribution in [1.82, 2.24) is 5.43 Å². The number of carbonyl (C=O) groups is 1. The van der Waals surface area contributed by atoms with Crippen molar-refractivity contribution in [3.05, 3.63) is 94.1 Å². The molecule has 4 rings (SSSR count). The second-order valence-electron chi connectivity index (χ2n) is 6.46. The van der Waals surface area contributed by atoms with Gasteiger partial charge in [0.2, 0.25) is 0 Å². The number of hydrogen-bond acceptors (Lipinski definition) is 6. The minimum atomic E-state index is -0.461. The molecule has 1 heterocycles. The van der Waals surface area contributed by atoms with E-state index < -0.39 is 5.91 Å². The van der Waals surface area contributed by atoms with Crippen LogP contribution in [0.25, 0.3) is 22.3 Å². The number of aromatic hydroxyl groups is 2. The van der Waals surface area contributed by atoms with Crippen LogP contribution in [0, 0.1) is 0 Å². The summed E-state index contributed by atoms with van der Waals surface area (Å²) in [6, 6.07) is 19.4. The normalized spacial score (nSPS) is 11.1. The zero-order chi connectivity index (χ0) is 21.1. The highest BCUT2D eigenvalue weighted by Crippen LogP contribution is 2.26. The van der Waals surface area contributed by atoms with Crippen LogP contribution in [0.4, 0.5) is 0 Å². The van der Waals surface area contributed by atoms with Crippen molar-refractivity contribution in [2.24, 2.45) is 5.10 Å². The van der Waals surface area contributed by atoms with Crippen LogP contribution < -0.4 is 10.9 Å². The number of nitrogens with zero attached hydrogens (tertiary/aromatic N) is 1. The van der Waals surface area contributed by atoms with Crippen LogP contribution >= 0.6 is 0 Å². The molecule has 3 N–H and O–H groups in total. The fourth-order valence-electron chi connectivity index (χ4n) is 2.91. The Labute approximate surface area is 170 Å². The van der Waals surface area contributed by atoms with Crippen LogP contribution in [0.5, 0.6) is 11.5 Å². The van der Waals surface area contributed by atoms with Crippen molar-refractivity contribution in [1.29, 1.82) is 0 Å². The van der Waals surface area contributed by atoms with Gasteiger partial charge in [-0.1, -0.05) is 30.3 Å². The molecule has 148 valence electrons. The first-order valence-corrected chi connectivity index (χ1v) is 9.00. The summed E-state index contributed by atoms with van der Waals surface area (Å²) in [6.45, 7) is 0. The molecule has 7 nitrogen and oxygen atoms in total. The van der Waals surface area contributed by atoms with E-state index in [-0.39, 0.29) is 22.5 Å². The van der Waals surface area contributed by atoms with E-state index in [1.54, 1.807) is 54.6 Å². The summed E-state index contributed by atoms with van der Waals surface area (Å²) in [5.41, 5.74) is 3.97. The molecular weight excluding hydrogens is 384 g/mol. The van der Waals surface area contributed by atoms with E-state index in [0.717, 1.165) is 0 Å². The molecule has 0 saturated heterocycles. The van der Waals surface area contributed by atoms with E-state index in [0.29, 0.717) is 27.9 Å². The molecule has 3 aromatic carbocycles. The van der Waals surface area contributed by atoms with Gasteiger partial charge in [0.1, 0.15) is 11.3 Å². The van der Waals surface area contributed by atoms with Crippen molar-refractivity contribution in [3.63, 3.8) is 0 Å². The number of nitrogens with one attached hydrogen (secondary N) is 1. The molecule has 0 aliphatic carbocycles. The lowest BCUT2D eigenvalue weighted by atomic mass is 10.1. The first-order valence-electron chi connectivity index (χ1n) is 9.00. The van der Waals surface area contributed by atoms with Crippen molar-refractivity contribution >= 4 is 23.1 Å². The van der Waals surface area contributed by atoms with E-state index in [4.69, 9.17) is 4.42 Å². The van der Waals surface area contributed by atoms with Crippen LogP contribution in [0.1, 0.15) is 15.9 Å². The van der Waals surface area contributed by atoms with Gasteiger partial charge in [0.25, 0.3) is 5.91 Å². The van der Waals surface area contributed by atoms with Crippen molar-refractivity contribution in [2.45, 2.75) is 0 Å². The largest absolute Gasteiger partial charge is 0.504 e. The Morgan fingerprint density at radius 3 is 2.53 bits per heavy atom. The minimum Gasteiger partial charge on any atom is -0.504 e. The number of fused-ring (bicyclic) bond motifs is 1. The van der Waals surface area contributed by atoms with Crippen LogP contribution in [0.3, 0.4) is 0 Å². The lowest BCUT2D eigenvalue weighted by Gasteiger charge is -2.05. The Balaban J connectivity index is 1.51. The summed E-state index contributed by atoms with van der Waals surface area (Å²) < 4.78 is 5.80. The summed E-state index contributed by atoms with van der Waals surface area (Å²) in [4.78, 5) is 24.5. The zero-order valence-electron chi connectivity index (χ0n) is 15.6. The zero-order valence-corrected chi connectivity index (χ0v) is 15.6. The summed E-state index contributed by atoms with van der Waals surface area (Å²) in [5.74, 6) is -0.654. The van der Waals surface area contributed by atoms with Gasteiger partial charge in [-0.15, -0.1) is 0 Å². The third-order valence-corrected chi connectivity index (χ3v) is 4.48. The maximum absolute atomic E-state index is 12.3. The van der Waals surface area contributed by atoms with E-state index in [1.165, 1.54) is 24.4 Å². The molecule has 0 spiro atoms.